The molecule has 1 N–H and O–H groups in total. The first-order chi connectivity index (χ1) is 11.8. The van der Waals surface area contributed by atoms with Crippen LogP contribution in [0.25, 0.3) is 0 Å². The van der Waals surface area contributed by atoms with E-state index in [1.54, 1.807) is 0 Å². The Morgan fingerprint density at radius 1 is 0.958 bits per heavy atom. The smallest absolute Gasteiger partial charge is 0.153 e. The first-order valence-electron chi connectivity index (χ1n) is 9.79. The van der Waals surface area contributed by atoms with Gasteiger partial charge in [-0.3, -0.25) is 0 Å². The molecule has 0 amide bonds. The Balaban J connectivity index is 1.69. The predicted molar refractivity (Wildman–Crippen MR) is 99.6 cm³/mol. The molecule has 1 atom stereocenters. The summed E-state index contributed by atoms with van der Waals surface area (Å²) in [6, 6.07) is 10.1. The van der Waals surface area contributed by atoms with Gasteiger partial charge >= 0.3 is 0 Å². The topological polar surface area (TPSA) is 23.5 Å². The first kappa shape index (κ1) is 17.5. The Labute approximate surface area is 147 Å². The maximum absolute atomic E-state index is 11.5. The van der Waals surface area contributed by atoms with E-state index in [1.807, 2.05) is 30.3 Å². The van der Waals surface area contributed by atoms with Crippen LogP contribution in [0, 0.1) is 17.8 Å². The van der Waals surface area contributed by atoms with Crippen LogP contribution in [-0.2, 0) is 5.60 Å². The molecule has 1 saturated heterocycles. The summed E-state index contributed by atoms with van der Waals surface area (Å²) < 4.78 is 0. The van der Waals surface area contributed by atoms with Crippen molar-refractivity contribution >= 4 is 0 Å². The van der Waals surface area contributed by atoms with Crippen molar-refractivity contribution in [3.8, 4) is 11.8 Å². The van der Waals surface area contributed by atoms with Crippen LogP contribution in [0.15, 0.2) is 30.3 Å². The van der Waals surface area contributed by atoms with Crippen LogP contribution in [0.2, 0.25) is 0 Å². The van der Waals surface area contributed by atoms with Gasteiger partial charge in [0, 0.05) is 18.9 Å². The monoisotopic (exact) mass is 325 g/mol. The second-order valence-electron chi connectivity index (χ2n) is 7.42. The Kier molecular flexibility index (Phi) is 6.35. The van der Waals surface area contributed by atoms with E-state index in [0.717, 1.165) is 31.4 Å². The number of hydrogen-bond acceptors (Lipinski definition) is 2. The molecule has 1 aliphatic heterocycles. The molecule has 3 rings (SSSR count). The molecule has 2 nitrogen and oxygen atoms in total. The van der Waals surface area contributed by atoms with Gasteiger partial charge in [-0.25, -0.2) is 0 Å². The van der Waals surface area contributed by atoms with Crippen LogP contribution < -0.4 is 0 Å². The molecule has 24 heavy (non-hydrogen) atoms. The van der Waals surface area contributed by atoms with Gasteiger partial charge in [0.2, 0.25) is 0 Å². The Bertz CT molecular complexity index is 546. The first-order valence-corrected chi connectivity index (χ1v) is 9.79. The molecule has 2 fully saturated rings. The fourth-order valence-electron chi connectivity index (χ4n) is 4.22. The van der Waals surface area contributed by atoms with Gasteiger partial charge in [0.25, 0.3) is 0 Å². The molecule has 2 heteroatoms. The van der Waals surface area contributed by atoms with Gasteiger partial charge in [-0.15, -0.1) is 0 Å². The highest BCUT2D eigenvalue weighted by molar-refractivity contribution is 5.33. The third-order valence-corrected chi connectivity index (χ3v) is 5.69. The second-order valence-corrected chi connectivity index (χ2v) is 7.42. The maximum atomic E-state index is 11.5. The highest BCUT2D eigenvalue weighted by Gasteiger charge is 2.37. The van der Waals surface area contributed by atoms with Crippen molar-refractivity contribution in [1.82, 2.24) is 4.90 Å². The van der Waals surface area contributed by atoms with Crippen molar-refractivity contribution in [2.45, 2.75) is 63.4 Å². The molecule has 2 aliphatic rings. The lowest BCUT2D eigenvalue weighted by Gasteiger charge is -2.35. The van der Waals surface area contributed by atoms with E-state index in [1.165, 1.54) is 51.6 Å². The molecular formula is C22H31NO. The third kappa shape index (κ3) is 4.41. The average Bonchev–Trinajstić information content (AvgIpc) is 2.67. The molecule has 1 heterocycles. The van der Waals surface area contributed by atoms with Gasteiger partial charge in [0.1, 0.15) is 0 Å². The van der Waals surface area contributed by atoms with E-state index in [-0.39, 0.29) is 5.92 Å². The molecule has 0 aromatic heterocycles. The van der Waals surface area contributed by atoms with E-state index in [2.05, 4.69) is 16.7 Å². The summed E-state index contributed by atoms with van der Waals surface area (Å²) in [5, 5.41) is 11.5. The van der Waals surface area contributed by atoms with Crippen LogP contribution in [0.1, 0.15) is 63.4 Å². The molecule has 0 spiro atoms. The van der Waals surface area contributed by atoms with Crippen LogP contribution in [0.4, 0.5) is 0 Å². The summed E-state index contributed by atoms with van der Waals surface area (Å²) in [4.78, 5) is 2.51. The van der Waals surface area contributed by atoms with Crippen LogP contribution in [0.3, 0.4) is 0 Å². The van der Waals surface area contributed by atoms with E-state index in [9.17, 15) is 5.11 Å². The fraction of sp³-hybridized carbons (Fsp3) is 0.636. The van der Waals surface area contributed by atoms with Gasteiger partial charge in [-0.2, -0.15) is 0 Å². The molecule has 1 aromatic carbocycles. The molecule has 1 aromatic rings. The normalized spacial score (nSPS) is 22.4. The Morgan fingerprint density at radius 3 is 2.33 bits per heavy atom. The lowest BCUT2D eigenvalue weighted by Crippen LogP contribution is -2.35. The van der Waals surface area contributed by atoms with E-state index in [4.69, 9.17) is 0 Å². The minimum Gasteiger partial charge on any atom is -0.373 e. The molecule has 1 saturated carbocycles. The average molecular weight is 325 g/mol. The summed E-state index contributed by atoms with van der Waals surface area (Å²) in [6.07, 6.45) is 10.8. The zero-order chi connectivity index (χ0) is 16.7. The largest absolute Gasteiger partial charge is 0.373 e. The number of piperidine rings is 1. The van der Waals surface area contributed by atoms with E-state index >= 15 is 0 Å². The van der Waals surface area contributed by atoms with Gasteiger partial charge < -0.3 is 10.0 Å². The Morgan fingerprint density at radius 2 is 1.62 bits per heavy atom. The lowest BCUT2D eigenvalue weighted by molar-refractivity contribution is 0.0159. The summed E-state index contributed by atoms with van der Waals surface area (Å²) in [6.45, 7) is 3.48. The van der Waals surface area contributed by atoms with Crippen molar-refractivity contribution < 1.29 is 5.11 Å². The van der Waals surface area contributed by atoms with Crippen molar-refractivity contribution in [3.63, 3.8) is 0 Å². The summed E-state index contributed by atoms with van der Waals surface area (Å²) >= 11 is 0. The predicted octanol–water partition coefficient (Wildman–Crippen LogP) is 4.33. The number of likely N-dealkylation sites (tertiary alicyclic amines) is 1. The number of aliphatic hydroxyl groups is 1. The summed E-state index contributed by atoms with van der Waals surface area (Å²) in [5.74, 6) is 6.90. The van der Waals surface area contributed by atoms with Crippen LogP contribution >= 0.6 is 0 Å². The number of nitrogens with zero attached hydrogens (tertiary/aromatic N) is 1. The maximum Gasteiger partial charge on any atom is 0.153 e. The molecule has 1 aliphatic carbocycles. The lowest BCUT2D eigenvalue weighted by atomic mass is 9.73. The van der Waals surface area contributed by atoms with Crippen molar-refractivity contribution in [1.29, 1.82) is 0 Å². The second kappa shape index (κ2) is 8.70. The summed E-state index contributed by atoms with van der Waals surface area (Å²) in [7, 11) is 0. The molecule has 0 unspecified atom stereocenters. The quantitative estimate of drug-likeness (QED) is 0.833. The highest BCUT2D eigenvalue weighted by atomic mass is 16.3. The summed E-state index contributed by atoms with van der Waals surface area (Å²) in [5.41, 5.74) is 0.00575. The van der Waals surface area contributed by atoms with Gasteiger partial charge in [0.05, 0.1) is 0 Å². The highest BCUT2D eigenvalue weighted by Crippen LogP contribution is 2.39. The van der Waals surface area contributed by atoms with E-state index < -0.39 is 5.60 Å². The minimum atomic E-state index is -0.969. The van der Waals surface area contributed by atoms with Crippen LogP contribution in [-0.4, -0.2) is 29.6 Å². The molecule has 130 valence electrons. The van der Waals surface area contributed by atoms with Crippen molar-refractivity contribution in [2.75, 3.05) is 19.6 Å². The number of rotatable bonds is 4. The zero-order valence-corrected chi connectivity index (χ0v) is 14.8. The molecule has 0 bridgehead atoms. The van der Waals surface area contributed by atoms with Gasteiger partial charge in [-0.05, 0) is 44.3 Å². The third-order valence-electron chi connectivity index (χ3n) is 5.69. The zero-order valence-electron chi connectivity index (χ0n) is 14.8. The minimum absolute atomic E-state index is 0.274. The fourth-order valence-corrected chi connectivity index (χ4v) is 4.22. The number of hydrogen-bond donors (Lipinski definition) is 1. The van der Waals surface area contributed by atoms with Crippen molar-refractivity contribution in [3.05, 3.63) is 35.9 Å². The van der Waals surface area contributed by atoms with E-state index in [0.29, 0.717) is 0 Å². The van der Waals surface area contributed by atoms with Crippen LogP contribution in [0.5, 0.6) is 0 Å². The van der Waals surface area contributed by atoms with Gasteiger partial charge in [-0.1, -0.05) is 67.9 Å². The molecule has 0 radical (unpaired) electrons. The standard InChI is InChI=1S/C22H31NO/c24-22(20-12-4-1-5-13-20,21-14-6-2-7-15-21)16-8-11-19-23-17-9-3-10-18-23/h1,4-5,12-13,21,24H,2-3,6-7,9-11,14-15,17-19H2/t22-/m1/s1. The Hall–Kier alpha value is -1.30. The van der Waals surface area contributed by atoms with Crippen molar-refractivity contribution in [2.24, 2.45) is 5.92 Å². The molecular weight excluding hydrogens is 294 g/mol. The number of benzene rings is 1. The SMILES string of the molecule is O[C@](C#CCCN1CCCCC1)(c1ccccc1)C1CCCCC1. The van der Waals surface area contributed by atoms with Gasteiger partial charge in [0.15, 0.2) is 5.60 Å².